The average molecular weight is 568 g/mol. The van der Waals surface area contributed by atoms with E-state index in [2.05, 4.69) is 144 Å². The van der Waals surface area contributed by atoms with Gasteiger partial charge in [-0.05, 0) is 64.4 Å². The first-order chi connectivity index (χ1) is 21.3. The Morgan fingerprint density at radius 2 is 1.21 bits per heavy atom. The van der Waals surface area contributed by atoms with Crippen LogP contribution in [0.25, 0.3) is 64.0 Å². The Balaban J connectivity index is 1.21. The number of furan rings is 1. The van der Waals surface area contributed by atoms with Gasteiger partial charge in [0, 0.05) is 42.3 Å². The molecule has 0 fully saturated rings. The minimum Gasteiger partial charge on any atom is -0.454 e. The molecule has 0 saturated carbocycles. The Bertz CT molecular complexity index is 2450. The van der Waals surface area contributed by atoms with Crippen molar-refractivity contribution in [2.45, 2.75) is 0 Å². The summed E-state index contributed by atoms with van der Waals surface area (Å²) in [5, 5.41) is 7.50. The van der Waals surface area contributed by atoms with Crippen molar-refractivity contribution in [2.75, 3.05) is 4.90 Å². The van der Waals surface area contributed by atoms with E-state index in [0.717, 1.165) is 39.0 Å². The van der Waals surface area contributed by atoms with Crippen LogP contribution in [0.5, 0.6) is 0 Å². The molecule has 3 heteroatoms. The highest BCUT2D eigenvalue weighted by atomic mass is 32.1. The van der Waals surface area contributed by atoms with E-state index in [1.165, 1.54) is 42.1 Å². The van der Waals surface area contributed by atoms with Crippen molar-refractivity contribution in [3.05, 3.63) is 152 Å². The van der Waals surface area contributed by atoms with Gasteiger partial charge >= 0.3 is 0 Å². The predicted molar refractivity (Wildman–Crippen MR) is 184 cm³/mol. The molecular weight excluding hydrogens is 543 g/mol. The van der Waals surface area contributed by atoms with Crippen LogP contribution in [0.1, 0.15) is 0 Å². The van der Waals surface area contributed by atoms with Gasteiger partial charge in [0.2, 0.25) is 0 Å². The molecule has 0 saturated heterocycles. The number of para-hydroxylation sites is 3. The summed E-state index contributed by atoms with van der Waals surface area (Å²) in [6, 6.07) is 54.1. The maximum absolute atomic E-state index is 6.47. The third kappa shape index (κ3) is 3.79. The molecule has 202 valence electrons. The predicted octanol–water partition coefficient (Wildman–Crippen LogP) is 12.2. The molecule has 9 rings (SSSR count). The maximum Gasteiger partial charge on any atom is 0.159 e. The minimum atomic E-state index is 0.887. The van der Waals surface area contributed by atoms with Gasteiger partial charge in [0.25, 0.3) is 0 Å². The van der Waals surface area contributed by atoms with Crippen molar-refractivity contribution < 1.29 is 4.42 Å². The summed E-state index contributed by atoms with van der Waals surface area (Å²) in [6.45, 7) is 0. The van der Waals surface area contributed by atoms with Crippen molar-refractivity contribution in [3.8, 4) is 11.1 Å². The highest BCUT2D eigenvalue weighted by Gasteiger charge is 2.19. The lowest BCUT2D eigenvalue weighted by Gasteiger charge is -2.25. The molecule has 43 heavy (non-hydrogen) atoms. The summed E-state index contributed by atoms with van der Waals surface area (Å²) in [6.07, 6.45) is 0. The Morgan fingerprint density at radius 3 is 2.09 bits per heavy atom. The van der Waals surface area contributed by atoms with Crippen LogP contribution in [-0.2, 0) is 0 Å². The van der Waals surface area contributed by atoms with Crippen molar-refractivity contribution in [1.29, 1.82) is 0 Å². The molecule has 0 atom stereocenters. The van der Waals surface area contributed by atoms with Crippen LogP contribution in [-0.4, -0.2) is 0 Å². The summed E-state index contributed by atoms with van der Waals surface area (Å²) in [5.74, 6) is 0. The minimum absolute atomic E-state index is 0.887. The van der Waals surface area contributed by atoms with E-state index in [9.17, 15) is 0 Å². The number of benzene rings is 7. The first kappa shape index (κ1) is 24.2. The standard InChI is InChI=1S/C40H25NOS/c1-2-11-28(12-3-1)41(35-17-8-16-33-32-14-6-7-18-36(32)42-39(33)35)29-23-20-27(21-24-29)30-15-9-19-37-38(30)34-25-22-26-10-4-5-13-31(26)40(34)43-37/h1-25H. The average Bonchev–Trinajstić information content (AvgIpc) is 3.65. The largest absolute Gasteiger partial charge is 0.454 e. The summed E-state index contributed by atoms with van der Waals surface area (Å²) >= 11 is 1.89. The molecule has 0 radical (unpaired) electrons. The second-order valence-electron chi connectivity index (χ2n) is 10.9. The molecule has 0 bridgehead atoms. The molecule has 2 aromatic heterocycles. The first-order valence-corrected chi connectivity index (χ1v) is 15.3. The number of anilines is 3. The van der Waals surface area contributed by atoms with Crippen molar-refractivity contribution in [1.82, 2.24) is 0 Å². The maximum atomic E-state index is 6.47. The molecule has 0 amide bonds. The molecule has 9 aromatic rings. The first-order valence-electron chi connectivity index (χ1n) is 14.5. The number of hydrogen-bond acceptors (Lipinski definition) is 3. The lowest BCUT2D eigenvalue weighted by Crippen LogP contribution is -2.10. The van der Waals surface area contributed by atoms with Gasteiger partial charge in [-0.15, -0.1) is 11.3 Å². The van der Waals surface area contributed by atoms with Crippen LogP contribution < -0.4 is 4.90 Å². The van der Waals surface area contributed by atoms with Crippen molar-refractivity contribution in [3.63, 3.8) is 0 Å². The van der Waals surface area contributed by atoms with Crippen LogP contribution in [0.2, 0.25) is 0 Å². The Morgan fingerprint density at radius 1 is 0.488 bits per heavy atom. The molecule has 2 nitrogen and oxygen atoms in total. The molecule has 0 aliphatic rings. The third-order valence-electron chi connectivity index (χ3n) is 8.46. The summed E-state index contributed by atoms with van der Waals surface area (Å²) < 4.78 is 9.14. The second kappa shape index (κ2) is 9.59. The number of fused-ring (bicyclic) bond motifs is 8. The van der Waals surface area contributed by atoms with E-state index in [-0.39, 0.29) is 0 Å². The van der Waals surface area contributed by atoms with Gasteiger partial charge in [-0.2, -0.15) is 0 Å². The van der Waals surface area contributed by atoms with Crippen LogP contribution in [0.4, 0.5) is 17.1 Å². The van der Waals surface area contributed by atoms with E-state index < -0.39 is 0 Å². The topological polar surface area (TPSA) is 16.4 Å². The molecule has 2 heterocycles. The van der Waals surface area contributed by atoms with Gasteiger partial charge in [-0.1, -0.05) is 109 Å². The number of thiophene rings is 1. The Hall–Kier alpha value is -5.38. The second-order valence-corrected chi connectivity index (χ2v) is 12.0. The lowest BCUT2D eigenvalue weighted by molar-refractivity contribution is 0.669. The van der Waals surface area contributed by atoms with Gasteiger partial charge < -0.3 is 9.32 Å². The molecule has 0 aliphatic carbocycles. The summed E-state index contributed by atoms with van der Waals surface area (Å²) in [7, 11) is 0. The number of nitrogens with zero attached hydrogens (tertiary/aromatic N) is 1. The summed E-state index contributed by atoms with van der Waals surface area (Å²) in [4.78, 5) is 2.29. The van der Waals surface area contributed by atoms with E-state index in [4.69, 9.17) is 4.42 Å². The zero-order chi connectivity index (χ0) is 28.3. The third-order valence-corrected chi connectivity index (χ3v) is 9.67. The Kier molecular flexibility index (Phi) is 5.40. The van der Waals surface area contributed by atoms with E-state index in [1.807, 2.05) is 23.5 Å². The molecule has 0 unspecified atom stereocenters. The fourth-order valence-corrected chi connectivity index (χ4v) is 7.76. The normalized spacial score (nSPS) is 11.7. The fourth-order valence-electron chi connectivity index (χ4n) is 6.50. The molecule has 7 aromatic carbocycles. The number of hydrogen-bond donors (Lipinski definition) is 0. The van der Waals surface area contributed by atoms with Gasteiger partial charge in [-0.25, -0.2) is 0 Å². The number of rotatable bonds is 4. The smallest absolute Gasteiger partial charge is 0.159 e. The van der Waals surface area contributed by atoms with Crippen LogP contribution >= 0.6 is 11.3 Å². The summed E-state index contributed by atoms with van der Waals surface area (Å²) in [5.41, 5.74) is 7.44. The molecular formula is C40H25NOS. The molecule has 0 N–H and O–H groups in total. The van der Waals surface area contributed by atoms with E-state index >= 15 is 0 Å². The SMILES string of the molecule is c1ccc(N(c2ccc(-c3cccc4sc5c6ccccc6ccc5c34)cc2)c2cccc3c2oc2ccccc23)cc1. The van der Waals surface area contributed by atoms with Crippen molar-refractivity contribution in [2.24, 2.45) is 0 Å². The van der Waals surface area contributed by atoms with Crippen LogP contribution in [0.3, 0.4) is 0 Å². The van der Waals surface area contributed by atoms with Gasteiger partial charge in [0.05, 0.1) is 5.69 Å². The fraction of sp³-hybridized carbons (Fsp3) is 0. The zero-order valence-electron chi connectivity index (χ0n) is 23.2. The molecule has 0 aliphatic heterocycles. The zero-order valence-corrected chi connectivity index (χ0v) is 24.0. The lowest BCUT2D eigenvalue weighted by atomic mass is 9.98. The van der Waals surface area contributed by atoms with E-state index in [1.54, 1.807) is 0 Å². The van der Waals surface area contributed by atoms with E-state index in [0.29, 0.717) is 0 Å². The van der Waals surface area contributed by atoms with Gasteiger partial charge in [-0.3, -0.25) is 0 Å². The van der Waals surface area contributed by atoms with Gasteiger partial charge in [0.1, 0.15) is 5.58 Å². The quantitative estimate of drug-likeness (QED) is 0.210. The van der Waals surface area contributed by atoms with Crippen LogP contribution in [0, 0.1) is 0 Å². The highest BCUT2D eigenvalue weighted by molar-refractivity contribution is 7.26. The molecule has 0 spiro atoms. The Labute approximate surface area is 252 Å². The monoisotopic (exact) mass is 567 g/mol. The van der Waals surface area contributed by atoms with Crippen molar-refractivity contribution >= 4 is 81.3 Å². The van der Waals surface area contributed by atoms with Gasteiger partial charge in [0.15, 0.2) is 5.58 Å². The highest BCUT2D eigenvalue weighted by Crippen LogP contribution is 2.45. The van der Waals surface area contributed by atoms with Crippen LogP contribution in [0.15, 0.2) is 156 Å².